The normalized spacial score (nSPS) is 25.1. The summed E-state index contributed by atoms with van der Waals surface area (Å²) in [6, 6.07) is 0.119. The first-order chi connectivity index (χ1) is 18.0. The van der Waals surface area contributed by atoms with Gasteiger partial charge in [-0.3, -0.25) is 20.0 Å². The molecule has 2 aliphatic rings. The average Bonchev–Trinajstić information content (AvgIpc) is 2.90. The summed E-state index contributed by atoms with van der Waals surface area (Å²) in [6.45, 7) is 19.3. The van der Waals surface area contributed by atoms with E-state index in [0.717, 1.165) is 64.7 Å². The number of aliphatic hydroxyl groups excluding tert-OH is 1. The maximum Gasteiger partial charge on any atom is 0.225 e. The van der Waals surface area contributed by atoms with E-state index in [9.17, 15) is 9.90 Å². The molecule has 2 rings (SSSR count). The van der Waals surface area contributed by atoms with E-state index in [0.29, 0.717) is 18.4 Å². The number of hydrogen-bond acceptors (Lipinski definition) is 7. The minimum absolute atomic E-state index is 0.00806. The third-order valence-electron chi connectivity index (χ3n) is 8.11. The van der Waals surface area contributed by atoms with Crippen LogP contribution in [0.15, 0.2) is 4.99 Å². The first-order valence-electron chi connectivity index (χ1n) is 15.3. The molecule has 2 aliphatic heterocycles. The van der Waals surface area contributed by atoms with Gasteiger partial charge in [-0.25, -0.2) is 0 Å². The van der Waals surface area contributed by atoms with E-state index in [-0.39, 0.29) is 35.6 Å². The van der Waals surface area contributed by atoms with Gasteiger partial charge in [0, 0.05) is 51.5 Å². The molecule has 0 saturated carbocycles. The summed E-state index contributed by atoms with van der Waals surface area (Å²) in [6.07, 6.45) is 7.98. The number of hydrogen-bond donors (Lipinski definition) is 3. The molecule has 8 heteroatoms. The lowest BCUT2D eigenvalue weighted by Crippen LogP contribution is -2.63. The van der Waals surface area contributed by atoms with E-state index >= 15 is 0 Å². The summed E-state index contributed by atoms with van der Waals surface area (Å²) >= 11 is 0. The minimum Gasteiger partial charge on any atom is -0.385 e. The standard InChI is InChI=1S/C30H59N5O3/c1-9-23(27(36)34-16-12-11-13-17-34)19-24(10-2)35(21-22(3)4)28(37)25-20-32-29(30(5,6)7)33-26(25)31-15-14-18-38-8/h20,22-26,28-29,31,33,37H,9-19,21H2,1-8H3/t23-,24+,25?,26?,28?,29?/m0/s1. The number of piperidine rings is 1. The van der Waals surface area contributed by atoms with Crippen molar-refractivity contribution < 1.29 is 14.6 Å². The van der Waals surface area contributed by atoms with E-state index in [4.69, 9.17) is 9.73 Å². The van der Waals surface area contributed by atoms with Crippen LogP contribution in [-0.2, 0) is 9.53 Å². The van der Waals surface area contributed by atoms with Gasteiger partial charge in [0.05, 0.1) is 12.1 Å². The number of aliphatic imine (C=N–C) groups is 1. The number of ether oxygens (including phenoxy) is 1. The number of methoxy groups -OCH3 is 1. The highest BCUT2D eigenvalue weighted by Gasteiger charge is 2.40. The van der Waals surface area contributed by atoms with Gasteiger partial charge >= 0.3 is 0 Å². The zero-order chi connectivity index (χ0) is 28.3. The summed E-state index contributed by atoms with van der Waals surface area (Å²) in [5, 5.41) is 19.3. The Morgan fingerprint density at radius 2 is 1.89 bits per heavy atom. The van der Waals surface area contributed by atoms with Gasteiger partial charge in [0.2, 0.25) is 5.91 Å². The molecule has 222 valence electrons. The third kappa shape index (κ3) is 9.84. The second-order valence-electron chi connectivity index (χ2n) is 12.9. The average molecular weight is 538 g/mol. The number of carbonyl (C=O) groups is 1. The van der Waals surface area contributed by atoms with Crippen molar-refractivity contribution in [1.82, 2.24) is 20.4 Å². The molecule has 0 aromatic heterocycles. The van der Waals surface area contributed by atoms with Gasteiger partial charge in [-0.1, -0.05) is 48.5 Å². The molecule has 0 bridgehead atoms. The van der Waals surface area contributed by atoms with Gasteiger partial charge in [-0.2, -0.15) is 0 Å². The van der Waals surface area contributed by atoms with Crippen LogP contribution in [-0.4, -0.2) is 91.5 Å². The number of nitrogens with one attached hydrogen (secondary N) is 2. The Bertz CT molecular complexity index is 704. The van der Waals surface area contributed by atoms with Crippen molar-refractivity contribution in [3.8, 4) is 0 Å². The van der Waals surface area contributed by atoms with Crippen LogP contribution in [0.25, 0.3) is 0 Å². The third-order valence-corrected chi connectivity index (χ3v) is 8.11. The summed E-state index contributed by atoms with van der Waals surface area (Å²) in [5.74, 6) is 0.477. The van der Waals surface area contributed by atoms with Crippen molar-refractivity contribution >= 4 is 12.1 Å². The molecule has 6 atom stereocenters. The fraction of sp³-hybridized carbons (Fsp3) is 0.933. The van der Waals surface area contributed by atoms with Gasteiger partial charge in [-0.05, 0) is 62.8 Å². The lowest BCUT2D eigenvalue weighted by atomic mass is 9.88. The fourth-order valence-electron chi connectivity index (χ4n) is 5.78. The van der Waals surface area contributed by atoms with Gasteiger partial charge in [-0.15, -0.1) is 0 Å². The maximum atomic E-state index is 13.4. The maximum absolute atomic E-state index is 13.4. The smallest absolute Gasteiger partial charge is 0.225 e. The molecule has 4 unspecified atom stereocenters. The molecular formula is C30H59N5O3. The Morgan fingerprint density at radius 3 is 2.45 bits per heavy atom. The highest BCUT2D eigenvalue weighted by atomic mass is 16.5. The Hall–Kier alpha value is -1.06. The fourth-order valence-corrected chi connectivity index (χ4v) is 5.78. The van der Waals surface area contributed by atoms with Crippen molar-refractivity contribution in [3.05, 3.63) is 0 Å². The van der Waals surface area contributed by atoms with Crippen LogP contribution >= 0.6 is 0 Å². The lowest BCUT2D eigenvalue weighted by Gasteiger charge is -2.45. The summed E-state index contributed by atoms with van der Waals surface area (Å²) in [5.41, 5.74) is -0.0361. The van der Waals surface area contributed by atoms with Crippen LogP contribution in [0.5, 0.6) is 0 Å². The van der Waals surface area contributed by atoms with Gasteiger partial charge in [0.15, 0.2) is 0 Å². The second kappa shape index (κ2) is 16.3. The van der Waals surface area contributed by atoms with Crippen LogP contribution in [0.3, 0.4) is 0 Å². The van der Waals surface area contributed by atoms with Crippen molar-refractivity contribution in [2.45, 2.75) is 118 Å². The molecular weight excluding hydrogens is 478 g/mol. The molecule has 0 aliphatic carbocycles. The first kappa shape index (κ1) is 33.1. The number of likely N-dealkylation sites (tertiary alicyclic amines) is 1. The topological polar surface area (TPSA) is 89.4 Å². The SMILES string of the molecule is CC[C@@H](C[C@@H](CC)N(CC(C)C)C(O)C1C=NC(C(C)(C)C)NC1NCCCOC)C(=O)N1CCCCC1. The van der Waals surface area contributed by atoms with E-state index in [1.807, 2.05) is 6.21 Å². The molecule has 0 aromatic rings. The molecule has 8 nitrogen and oxygen atoms in total. The van der Waals surface area contributed by atoms with Gasteiger partial charge in [0.25, 0.3) is 0 Å². The van der Waals surface area contributed by atoms with Crippen LogP contribution in [0.1, 0.15) is 93.4 Å². The monoisotopic (exact) mass is 537 g/mol. The number of carbonyl (C=O) groups excluding carboxylic acids is 1. The molecule has 38 heavy (non-hydrogen) atoms. The molecule has 3 N–H and O–H groups in total. The molecule has 1 saturated heterocycles. The molecule has 0 radical (unpaired) electrons. The second-order valence-corrected chi connectivity index (χ2v) is 12.9. The van der Waals surface area contributed by atoms with E-state index < -0.39 is 6.23 Å². The molecule has 0 spiro atoms. The number of rotatable bonds is 15. The van der Waals surface area contributed by atoms with Gasteiger partial charge in [0.1, 0.15) is 12.4 Å². The highest BCUT2D eigenvalue weighted by molar-refractivity contribution is 5.79. The number of aliphatic hydroxyl groups is 1. The molecule has 2 heterocycles. The predicted octanol–water partition coefficient (Wildman–Crippen LogP) is 4.08. The number of amides is 1. The Kier molecular flexibility index (Phi) is 14.2. The van der Waals surface area contributed by atoms with Crippen molar-refractivity contribution in [2.75, 3.05) is 39.9 Å². The van der Waals surface area contributed by atoms with Crippen molar-refractivity contribution in [3.63, 3.8) is 0 Å². The largest absolute Gasteiger partial charge is 0.385 e. The van der Waals surface area contributed by atoms with Crippen LogP contribution < -0.4 is 10.6 Å². The Balaban J connectivity index is 2.25. The molecule has 1 amide bonds. The molecule has 0 aromatic carbocycles. The summed E-state index contributed by atoms with van der Waals surface area (Å²) in [4.78, 5) is 22.6. The van der Waals surface area contributed by atoms with Crippen LogP contribution in [0.2, 0.25) is 0 Å². The van der Waals surface area contributed by atoms with Crippen LogP contribution in [0, 0.1) is 23.2 Å². The van der Waals surface area contributed by atoms with E-state index in [1.54, 1.807) is 7.11 Å². The highest BCUT2D eigenvalue weighted by Crippen LogP contribution is 2.29. The Labute approximate surface area is 233 Å². The van der Waals surface area contributed by atoms with Crippen LogP contribution in [0.4, 0.5) is 0 Å². The quantitative estimate of drug-likeness (QED) is 0.215. The number of nitrogens with zero attached hydrogens (tertiary/aromatic N) is 3. The molecule has 1 fully saturated rings. The summed E-state index contributed by atoms with van der Waals surface area (Å²) in [7, 11) is 1.72. The zero-order valence-electron chi connectivity index (χ0n) is 25.7. The summed E-state index contributed by atoms with van der Waals surface area (Å²) < 4.78 is 5.24. The predicted molar refractivity (Wildman–Crippen MR) is 157 cm³/mol. The minimum atomic E-state index is -0.706. The lowest BCUT2D eigenvalue weighted by molar-refractivity contribution is -0.138. The zero-order valence-corrected chi connectivity index (χ0v) is 25.7. The van der Waals surface area contributed by atoms with E-state index in [1.165, 1.54) is 6.42 Å². The first-order valence-corrected chi connectivity index (χ1v) is 15.3. The Morgan fingerprint density at radius 1 is 1.21 bits per heavy atom. The van der Waals surface area contributed by atoms with E-state index in [2.05, 4.69) is 68.9 Å². The van der Waals surface area contributed by atoms with Crippen molar-refractivity contribution in [1.29, 1.82) is 0 Å². The van der Waals surface area contributed by atoms with Crippen molar-refractivity contribution in [2.24, 2.45) is 28.2 Å². The van der Waals surface area contributed by atoms with Gasteiger partial charge < -0.3 is 20.1 Å².